The minimum absolute atomic E-state index is 0.178. The van der Waals surface area contributed by atoms with Crippen molar-refractivity contribution in [2.75, 3.05) is 12.8 Å². The van der Waals surface area contributed by atoms with Gasteiger partial charge in [-0.2, -0.15) is 0 Å². The van der Waals surface area contributed by atoms with E-state index in [9.17, 15) is 4.79 Å². The molecule has 1 aromatic rings. The maximum absolute atomic E-state index is 11.6. The molecule has 0 atom stereocenters. The first-order chi connectivity index (χ1) is 9.43. The largest absolute Gasteiger partial charge is 0.494 e. The third kappa shape index (κ3) is 2.42. The van der Waals surface area contributed by atoms with Gasteiger partial charge in [-0.25, -0.2) is 4.99 Å². The van der Waals surface area contributed by atoms with Gasteiger partial charge in [0.1, 0.15) is 11.4 Å². The Balaban J connectivity index is 2.56. The summed E-state index contributed by atoms with van der Waals surface area (Å²) in [7, 11) is 1.56. The highest BCUT2D eigenvalue weighted by Gasteiger charge is 2.20. The maximum atomic E-state index is 11.6. The smallest absolute Gasteiger partial charge is 0.202 e. The number of hydrogen-bond donors (Lipinski definition) is 2. The fourth-order valence-corrected chi connectivity index (χ4v) is 2.03. The van der Waals surface area contributed by atoms with E-state index in [2.05, 4.69) is 4.99 Å². The average Bonchev–Trinajstić information content (AvgIpc) is 2.42. The highest BCUT2D eigenvalue weighted by molar-refractivity contribution is 6.24. The highest BCUT2D eigenvalue weighted by atomic mass is 16.5. The minimum Gasteiger partial charge on any atom is -0.494 e. The van der Waals surface area contributed by atoms with Crippen LogP contribution in [0.2, 0.25) is 0 Å². The van der Waals surface area contributed by atoms with Crippen LogP contribution in [0.3, 0.4) is 0 Å². The van der Waals surface area contributed by atoms with E-state index in [4.69, 9.17) is 16.2 Å². The lowest BCUT2D eigenvalue weighted by Crippen LogP contribution is -2.21. The molecule has 0 unspecified atom stereocenters. The van der Waals surface area contributed by atoms with Crippen LogP contribution in [0.15, 0.2) is 46.1 Å². The van der Waals surface area contributed by atoms with Crippen LogP contribution >= 0.6 is 0 Å². The number of anilines is 1. The van der Waals surface area contributed by atoms with E-state index in [-0.39, 0.29) is 11.5 Å². The van der Waals surface area contributed by atoms with E-state index >= 15 is 0 Å². The Hall–Kier alpha value is -2.56. The van der Waals surface area contributed by atoms with Gasteiger partial charge in [-0.1, -0.05) is 0 Å². The summed E-state index contributed by atoms with van der Waals surface area (Å²) < 4.78 is 5.27. The lowest BCUT2D eigenvalue weighted by atomic mass is 9.94. The SMILES string of the molecule is COc1cc(N)ccc1N=C1C(C)=CC(=O)C(N)=C1C. The molecule has 1 aliphatic carbocycles. The molecule has 4 N–H and O–H groups in total. The maximum Gasteiger partial charge on any atom is 0.202 e. The van der Waals surface area contributed by atoms with Crippen LogP contribution in [0, 0.1) is 0 Å². The van der Waals surface area contributed by atoms with Crippen LogP contribution in [0.25, 0.3) is 0 Å². The zero-order chi connectivity index (χ0) is 14.9. The standard InChI is InChI=1S/C15H17N3O2/c1-8-6-12(19)14(17)9(2)15(8)18-11-5-4-10(16)7-13(11)20-3/h4-7H,16-17H2,1-3H3. The van der Waals surface area contributed by atoms with Crippen molar-refractivity contribution in [2.45, 2.75) is 13.8 Å². The summed E-state index contributed by atoms with van der Waals surface area (Å²) in [5.41, 5.74) is 15.1. The zero-order valence-electron chi connectivity index (χ0n) is 11.7. The number of hydrogen-bond acceptors (Lipinski definition) is 5. The highest BCUT2D eigenvalue weighted by Crippen LogP contribution is 2.31. The third-order valence-corrected chi connectivity index (χ3v) is 3.18. The topological polar surface area (TPSA) is 90.7 Å². The van der Waals surface area contributed by atoms with Gasteiger partial charge in [0.05, 0.1) is 18.5 Å². The van der Waals surface area contributed by atoms with Gasteiger partial charge in [-0.3, -0.25) is 4.79 Å². The number of nitrogen functional groups attached to an aromatic ring is 1. The number of aliphatic imine (C=N–C) groups is 1. The Morgan fingerprint density at radius 2 is 1.90 bits per heavy atom. The van der Waals surface area contributed by atoms with Crippen LogP contribution in [0.5, 0.6) is 5.75 Å². The van der Waals surface area contributed by atoms with Gasteiger partial charge in [0.15, 0.2) is 0 Å². The molecule has 2 rings (SSSR count). The van der Waals surface area contributed by atoms with Gasteiger partial charge < -0.3 is 16.2 Å². The molecule has 104 valence electrons. The summed E-state index contributed by atoms with van der Waals surface area (Å²) in [6.07, 6.45) is 1.49. The first-order valence-corrected chi connectivity index (χ1v) is 6.16. The van der Waals surface area contributed by atoms with E-state index in [0.717, 1.165) is 5.57 Å². The van der Waals surface area contributed by atoms with Gasteiger partial charge in [-0.05, 0) is 37.6 Å². The molecule has 5 nitrogen and oxygen atoms in total. The van der Waals surface area contributed by atoms with Gasteiger partial charge in [0.2, 0.25) is 5.78 Å². The molecule has 1 aromatic carbocycles. The molecule has 1 aliphatic rings. The quantitative estimate of drug-likeness (QED) is 0.636. The Kier molecular flexibility index (Phi) is 3.61. The zero-order valence-corrected chi connectivity index (χ0v) is 11.7. The van der Waals surface area contributed by atoms with Crippen molar-refractivity contribution in [1.29, 1.82) is 0 Å². The summed E-state index contributed by atoms with van der Waals surface area (Å²) >= 11 is 0. The number of carbonyl (C=O) groups is 1. The first kappa shape index (κ1) is 13.9. The van der Waals surface area contributed by atoms with Gasteiger partial charge >= 0.3 is 0 Å². The molecule has 0 aromatic heterocycles. The molecule has 0 radical (unpaired) electrons. The van der Waals surface area contributed by atoms with Crippen molar-refractivity contribution < 1.29 is 9.53 Å². The lowest BCUT2D eigenvalue weighted by molar-refractivity contribution is -0.111. The van der Waals surface area contributed by atoms with E-state index < -0.39 is 0 Å². The predicted molar refractivity (Wildman–Crippen MR) is 80.2 cm³/mol. The fourth-order valence-electron chi connectivity index (χ4n) is 2.03. The van der Waals surface area contributed by atoms with E-state index in [0.29, 0.717) is 28.4 Å². The number of carbonyl (C=O) groups excluding carboxylic acids is 1. The van der Waals surface area contributed by atoms with Gasteiger partial charge in [-0.15, -0.1) is 0 Å². The van der Waals surface area contributed by atoms with Gasteiger partial charge in [0, 0.05) is 17.3 Å². The van der Waals surface area contributed by atoms with Crippen molar-refractivity contribution in [3.63, 3.8) is 0 Å². The number of methoxy groups -OCH3 is 1. The molecular weight excluding hydrogens is 254 g/mol. The van der Waals surface area contributed by atoms with Crippen LogP contribution < -0.4 is 16.2 Å². The molecule has 0 amide bonds. The number of rotatable bonds is 2. The van der Waals surface area contributed by atoms with E-state index in [1.807, 2.05) is 6.92 Å². The van der Waals surface area contributed by atoms with Crippen LogP contribution in [0.1, 0.15) is 13.8 Å². The summed E-state index contributed by atoms with van der Waals surface area (Å²) in [5, 5.41) is 0. The molecule has 5 heteroatoms. The molecule has 0 fully saturated rings. The van der Waals surface area contributed by atoms with Crippen molar-refractivity contribution in [2.24, 2.45) is 10.7 Å². The molecule has 20 heavy (non-hydrogen) atoms. The first-order valence-electron chi connectivity index (χ1n) is 6.16. The minimum atomic E-state index is -0.178. The van der Waals surface area contributed by atoms with Crippen molar-refractivity contribution >= 4 is 22.9 Å². The second-order valence-electron chi connectivity index (χ2n) is 4.62. The van der Waals surface area contributed by atoms with Crippen LogP contribution in [-0.2, 0) is 4.79 Å². The molecule has 0 heterocycles. The normalized spacial score (nSPS) is 17.4. The molecule has 0 saturated carbocycles. The Morgan fingerprint density at radius 1 is 1.20 bits per heavy atom. The predicted octanol–water partition coefficient (Wildman–Crippen LogP) is 2.11. The number of nitrogens with two attached hydrogens (primary N) is 2. The Labute approximate surface area is 117 Å². The van der Waals surface area contributed by atoms with Crippen molar-refractivity contribution in [3.8, 4) is 5.75 Å². The number of ether oxygens (including phenoxy) is 1. The Morgan fingerprint density at radius 3 is 2.55 bits per heavy atom. The summed E-state index contributed by atoms with van der Waals surface area (Å²) in [6, 6.07) is 5.22. The number of benzene rings is 1. The van der Waals surface area contributed by atoms with Crippen LogP contribution in [-0.4, -0.2) is 18.6 Å². The lowest BCUT2D eigenvalue weighted by Gasteiger charge is -2.16. The number of nitrogens with zero attached hydrogens (tertiary/aromatic N) is 1. The Bertz CT molecular complexity index is 670. The molecule has 0 spiro atoms. The molecule has 0 saturated heterocycles. The number of ketones is 1. The molecular formula is C15H17N3O2. The van der Waals surface area contributed by atoms with Crippen molar-refractivity contribution in [3.05, 3.63) is 41.1 Å². The summed E-state index contributed by atoms with van der Waals surface area (Å²) in [6.45, 7) is 3.61. The average molecular weight is 271 g/mol. The molecule has 0 bridgehead atoms. The monoisotopic (exact) mass is 271 g/mol. The summed E-state index contributed by atoms with van der Waals surface area (Å²) in [4.78, 5) is 16.2. The van der Waals surface area contributed by atoms with Gasteiger partial charge in [0.25, 0.3) is 0 Å². The van der Waals surface area contributed by atoms with E-state index in [1.165, 1.54) is 6.08 Å². The third-order valence-electron chi connectivity index (χ3n) is 3.18. The van der Waals surface area contributed by atoms with E-state index in [1.54, 1.807) is 32.2 Å². The molecule has 0 aliphatic heterocycles. The second kappa shape index (κ2) is 5.21. The fraction of sp³-hybridized carbons (Fsp3) is 0.200. The second-order valence-corrected chi connectivity index (χ2v) is 4.62. The van der Waals surface area contributed by atoms with Crippen molar-refractivity contribution in [1.82, 2.24) is 0 Å². The van der Waals surface area contributed by atoms with Crippen LogP contribution in [0.4, 0.5) is 11.4 Å². The summed E-state index contributed by atoms with van der Waals surface area (Å²) in [5.74, 6) is 0.400. The number of allylic oxidation sites excluding steroid dienone is 3.